The summed E-state index contributed by atoms with van der Waals surface area (Å²) in [4.78, 5) is 0. The van der Waals surface area contributed by atoms with Gasteiger partial charge in [0.25, 0.3) is 0 Å². The van der Waals surface area contributed by atoms with E-state index in [4.69, 9.17) is 10.2 Å². The number of hydrogen-bond donors (Lipinski definition) is 2. The molecule has 3 nitrogen and oxygen atoms in total. The van der Waals surface area contributed by atoms with Crippen LogP contribution in [0.1, 0.15) is 19.6 Å². The molecule has 0 aliphatic carbocycles. The molecule has 0 radical (unpaired) electrons. The maximum atomic E-state index is 5.51. The molecule has 1 aromatic rings. The summed E-state index contributed by atoms with van der Waals surface area (Å²) < 4.78 is 5.25. The fourth-order valence-corrected chi connectivity index (χ4v) is 1.34. The maximum Gasteiger partial charge on any atom is 0.105 e. The summed E-state index contributed by atoms with van der Waals surface area (Å²) in [5.41, 5.74) is 5.51. The smallest absolute Gasteiger partial charge is 0.105 e. The topological polar surface area (TPSA) is 51.2 Å². The first-order chi connectivity index (χ1) is 6.22. The van der Waals surface area contributed by atoms with E-state index in [9.17, 15) is 0 Å². The molecule has 0 aromatic carbocycles. The molecular formula is C10H18N2O. The lowest BCUT2D eigenvalue weighted by Crippen LogP contribution is -2.40. The Bertz CT molecular complexity index is 221. The van der Waals surface area contributed by atoms with Crippen molar-refractivity contribution in [3.8, 4) is 0 Å². The van der Waals surface area contributed by atoms with E-state index in [0.29, 0.717) is 18.6 Å². The van der Waals surface area contributed by atoms with Crippen LogP contribution in [0.2, 0.25) is 0 Å². The molecule has 0 amide bonds. The third-order valence-electron chi connectivity index (χ3n) is 2.01. The van der Waals surface area contributed by atoms with Gasteiger partial charge in [0.1, 0.15) is 5.76 Å². The zero-order valence-corrected chi connectivity index (χ0v) is 8.29. The minimum Gasteiger partial charge on any atom is -0.469 e. The zero-order chi connectivity index (χ0) is 9.68. The molecule has 3 heteroatoms. The molecule has 2 atom stereocenters. The second kappa shape index (κ2) is 5.04. The van der Waals surface area contributed by atoms with Gasteiger partial charge in [0, 0.05) is 25.0 Å². The summed E-state index contributed by atoms with van der Waals surface area (Å²) in [5.74, 6) is 1.02. The van der Waals surface area contributed by atoms with E-state index in [0.717, 1.165) is 12.2 Å². The molecule has 74 valence electrons. The first-order valence-electron chi connectivity index (χ1n) is 4.71. The second-order valence-electron chi connectivity index (χ2n) is 3.49. The van der Waals surface area contributed by atoms with Crippen molar-refractivity contribution in [1.82, 2.24) is 5.32 Å². The van der Waals surface area contributed by atoms with Crippen LogP contribution in [-0.2, 0) is 6.42 Å². The highest BCUT2D eigenvalue weighted by Gasteiger charge is 2.07. The molecule has 0 saturated heterocycles. The molecule has 1 rings (SSSR count). The van der Waals surface area contributed by atoms with Gasteiger partial charge in [0.05, 0.1) is 6.26 Å². The van der Waals surface area contributed by atoms with Gasteiger partial charge in [0.15, 0.2) is 0 Å². The van der Waals surface area contributed by atoms with Crippen LogP contribution in [0, 0.1) is 0 Å². The first kappa shape index (κ1) is 10.3. The standard InChI is InChI=1S/C10H18N2O/c1-8(12-9(2)7-11)6-10-4-3-5-13-10/h3-5,8-9,12H,6-7,11H2,1-2H3. The molecule has 1 heterocycles. The van der Waals surface area contributed by atoms with Crippen LogP contribution in [0.15, 0.2) is 22.8 Å². The van der Waals surface area contributed by atoms with Crippen molar-refractivity contribution in [1.29, 1.82) is 0 Å². The van der Waals surface area contributed by atoms with Crippen LogP contribution in [-0.4, -0.2) is 18.6 Å². The van der Waals surface area contributed by atoms with Crippen molar-refractivity contribution < 1.29 is 4.42 Å². The summed E-state index contributed by atoms with van der Waals surface area (Å²) in [7, 11) is 0. The molecule has 0 spiro atoms. The van der Waals surface area contributed by atoms with Crippen LogP contribution in [0.25, 0.3) is 0 Å². The van der Waals surface area contributed by atoms with Gasteiger partial charge in [-0.05, 0) is 26.0 Å². The lowest BCUT2D eigenvalue weighted by molar-refractivity contribution is 0.426. The Labute approximate surface area is 79.3 Å². The largest absolute Gasteiger partial charge is 0.469 e. The number of hydrogen-bond acceptors (Lipinski definition) is 3. The van der Waals surface area contributed by atoms with E-state index < -0.39 is 0 Å². The van der Waals surface area contributed by atoms with Crippen LogP contribution in [0.5, 0.6) is 0 Å². The Morgan fingerprint density at radius 2 is 2.23 bits per heavy atom. The Balaban J connectivity index is 2.29. The number of nitrogens with one attached hydrogen (secondary N) is 1. The van der Waals surface area contributed by atoms with E-state index in [1.807, 2.05) is 12.1 Å². The Kier molecular flexibility index (Phi) is 3.99. The Morgan fingerprint density at radius 3 is 2.77 bits per heavy atom. The van der Waals surface area contributed by atoms with Gasteiger partial charge >= 0.3 is 0 Å². The van der Waals surface area contributed by atoms with Gasteiger partial charge in [-0.15, -0.1) is 0 Å². The lowest BCUT2D eigenvalue weighted by Gasteiger charge is -2.17. The zero-order valence-electron chi connectivity index (χ0n) is 8.29. The van der Waals surface area contributed by atoms with Crippen LogP contribution < -0.4 is 11.1 Å². The van der Waals surface area contributed by atoms with Crippen LogP contribution in [0.3, 0.4) is 0 Å². The van der Waals surface area contributed by atoms with Gasteiger partial charge in [-0.25, -0.2) is 0 Å². The normalized spacial score (nSPS) is 15.6. The molecule has 0 saturated carbocycles. The molecule has 0 aliphatic rings. The molecule has 0 bridgehead atoms. The second-order valence-corrected chi connectivity index (χ2v) is 3.49. The number of nitrogens with two attached hydrogens (primary N) is 1. The highest BCUT2D eigenvalue weighted by Crippen LogP contribution is 2.03. The van der Waals surface area contributed by atoms with Gasteiger partial charge in [-0.1, -0.05) is 0 Å². The molecule has 0 aliphatic heterocycles. The maximum absolute atomic E-state index is 5.51. The van der Waals surface area contributed by atoms with Gasteiger partial charge in [-0.2, -0.15) is 0 Å². The highest BCUT2D eigenvalue weighted by atomic mass is 16.3. The first-order valence-corrected chi connectivity index (χ1v) is 4.71. The lowest BCUT2D eigenvalue weighted by atomic mass is 10.1. The number of furan rings is 1. The summed E-state index contributed by atoms with van der Waals surface area (Å²) in [5, 5.41) is 3.38. The van der Waals surface area contributed by atoms with Crippen LogP contribution >= 0.6 is 0 Å². The van der Waals surface area contributed by atoms with E-state index in [1.165, 1.54) is 0 Å². The SMILES string of the molecule is CC(CN)NC(C)Cc1ccco1. The van der Waals surface area contributed by atoms with Gasteiger partial charge in [0.2, 0.25) is 0 Å². The third kappa shape index (κ3) is 3.61. The van der Waals surface area contributed by atoms with E-state index in [2.05, 4.69) is 19.2 Å². The van der Waals surface area contributed by atoms with Crippen molar-refractivity contribution in [2.45, 2.75) is 32.4 Å². The van der Waals surface area contributed by atoms with Crippen LogP contribution in [0.4, 0.5) is 0 Å². The summed E-state index contributed by atoms with van der Waals surface area (Å²) >= 11 is 0. The van der Waals surface area contributed by atoms with E-state index in [1.54, 1.807) is 6.26 Å². The van der Waals surface area contributed by atoms with Gasteiger partial charge in [-0.3, -0.25) is 0 Å². The van der Waals surface area contributed by atoms with Crippen molar-refractivity contribution in [3.63, 3.8) is 0 Å². The molecule has 2 unspecified atom stereocenters. The molecule has 0 fully saturated rings. The van der Waals surface area contributed by atoms with Crippen molar-refractivity contribution >= 4 is 0 Å². The summed E-state index contributed by atoms with van der Waals surface area (Å²) in [6, 6.07) is 4.68. The molecular weight excluding hydrogens is 164 g/mol. The summed E-state index contributed by atoms with van der Waals surface area (Å²) in [6.07, 6.45) is 2.62. The Hall–Kier alpha value is -0.800. The van der Waals surface area contributed by atoms with Gasteiger partial charge < -0.3 is 15.5 Å². The highest BCUT2D eigenvalue weighted by molar-refractivity contribution is 5.00. The predicted octanol–water partition coefficient (Wildman–Crippen LogP) is 1.15. The monoisotopic (exact) mass is 182 g/mol. The summed E-state index contributed by atoms with van der Waals surface area (Å²) in [6.45, 7) is 4.88. The van der Waals surface area contributed by atoms with Crippen molar-refractivity contribution in [2.24, 2.45) is 5.73 Å². The quantitative estimate of drug-likeness (QED) is 0.718. The fraction of sp³-hybridized carbons (Fsp3) is 0.600. The minimum absolute atomic E-state index is 0.366. The third-order valence-corrected chi connectivity index (χ3v) is 2.01. The van der Waals surface area contributed by atoms with Crippen molar-refractivity contribution in [3.05, 3.63) is 24.2 Å². The van der Waals surface area contributed by atoms with E-state index in [-0.39, 0.29) is 0 Å². The fourth-order valence-electron chi connectivity index (χ4n) is 1.34. The minimum atomic E-state index is 0.366. The predicted molar refractivity (Wildman–Crippen MR) is 53.5 cm³/mol. The molecule has 13 heavy (non-hydrogen) atoms. The molecule has 3 N–H and O–H groups in total. The van der Waals surface area contributed by atoms with E-state index >= 15 is 0 Å². The average molecular weight is 182 g/mol. The Morgan fingerprint density at radius 1 is 1.46 bits per heavy atom. The van der Waals surface area contributed by atoms with Crippen molar-refractivity contribution in [2.75, 3.05) is 6.54 Å². The molecule has 1 aromatic heterocycles. The number of rotatable bonds is 5. The average Bonchev–Trinajstić information content (AvgIpc) is 2.56.